The van der Waals surface area contributed by atoms with Gasteiger partial charge in [0.05, 0.1) is 0 Å². The van der Waals surface area contributed by atoms with E-state index in [4.69, 9.17) is 0 Å². The minimum Gasteiger partial charge on any atom is -0.343 e. The van der Waals surface area contributed by atoms with Crippen molar-refractivity contribution in [3.05, 3.63) is 30.1 Å². The van der Waals surface area contributed by atoms with Crippen LogP contribution in [0.5, 0.6) is 0 Å². The number of nitrogens with zero attached hydrogens (tertiary/aromatic N) is 2. The molecule has 0 bridgehead atoms. The fraction of sp³-hybridized carbons (Fsp3) is 0.647. The van der Waals surface area contributed by atoms with E-state index >= 15 is 0 Å². The smallest absolute Gasteiger partial charge is 0.222 e. The molecule has 0 radical (unpaired) electrons. The second kappa shape index (κ2) is 10.1. The van der Waals surface area contributed by atoms with Crippen LogP contribution in [0, 0.1) is 5.92 Å². The van der Waals surface area contributed by atoms with Crippen LogP contribution in [0.25, 0.3) is 0 Å². The van der Waals surface area contributed by atoms with E-state index in [-0.39, 0.29) is 30.7 Å². The summed E-state index contributed by atoms with van der Waals surface area (Å²) >= 11 is 0. The Bertz CT molecular complexity index is 460. The van der Waals surface area contributed by atoms with Gasteiger partial charge >= 0.3 is 0 Å². The molecule has 1 aromatic rings. The van der Waals surface area contributed by atoms with Crippen LogP contribution in [0.4, 0.5) is 0 Å². The third-order valence-corrected chi connectivity index (χ3v) is 4.56. The highest BCUT2D eigenvalue weighted by Crippen LogP contribution is 2.28. The second-order valence-corrected chi connectivity index (χ2v) is 6.33. The Morgan fingerprint density at radius 2 is 1.91 bits per heavy atom. The number of hydrogen-bond acceptors (Lipinski definition) is 3. The number of likely N-dealkylation sites (tertiary alicyclic amines) is 1. The highest BCUT2D eigenvalue weighted by Gasteiger charge is 2.25. The predicted molar refractivity (Wildman–Crippen MR) is 97.4 cm³/mol. The van der Waals surface area contributed by atoms with Gasteiger partial charge in [0.2, 0.25) is 5.91 Å². The molecule has 2 heterocycles. The molecule has 0 aromatic carbocycles. The van der Waals surface area contributed by atoms with E-state index < -0.39 is 0 Å². The normalized spacial score (nSPS) is 18.0. The zero-order valence-corrected chi connectivity index (χ0v) is 15.1. The third-order valence-electron chi connectivity index (χ3n) is 4.56. The van der Waals surface area contributed by atoms with Gasteiger partial charge in [0.1, 0.15) is 0 Å². The summed E-state index contributed by atoms with van der Waals surface area (Å²) < 4.78 is 0. The zero-order valence-electron chi connectivity index (χ0n) is 13.4. The highest BCUT2D eigenvalue weighted by molar-refractivity contribution is 5.85. The number of amides is 1. The molecule has 1 N–H and O–H groups in total. The van der Waals surface area contributed by atoms with Crippen molar-refractivity contribution >= 4 is 30.7 Å². The Morgan fingerprint density at radius 1 is 1.17 bits per heavy atom. The maximum absolute atomic E-state index is 12.2. The first-order chi connectivity index (χ1) is 10.3. The number of nitrogens with one attached hydrogen (secondary N) is 1. The zero-order chi connectivity index (χ0) is 14.5. The highest BCUT2D eigenvalue weighted by atomic mass is 35.5. The number of pyridine rings is 1. The predicted octanol–water partition coefficient (Wildman–Crippen LogP) is 2.85. The molecule has 1 aromatic heterocycles. The first-order valence-corrected chi connectivity index (χ1v) is 8.22. The Labute approximate surface area is 151 Å². The monoisotopic (exact) mass is 359 g/mol. The molecule has 2 aliphatic rings. The quantitative estimate of drug-likeness (QED) is 0.849. The van der Waals surface area contributed by atoms with Crippen LogP contribution in [-0.2, 0) is 11.2 Å². The molecule has 130 valence electrons. The number of carbonyl (C=O) groups excluding carboxylic acids is 1. The van der Waals surface area contributed by atoms with E-state index in [1.165, 1.54) is 19.4 Å². The summed E-state index contributed by atoms with van der Waals surface area (Å²) in [6.07, 6.45) is 8.12. The van der Waals surface area contributed by atoms with Gasteiger partial charge in [-0.2, -0.15) is 0 Å². The van der Waals surface area contributed by atoms with Crippen molar-refractivity contribution in [3.63, 3.8) is 0 Å². The fourth-order valence-electron chi connectivity index (χ4n) is 2.93. The molecule has 1 aliphatic heterocycles. The average molecular weight is 360 g/mol. The minimum absolute atomic E-state index is 0. The Hall–Kier alpha value is -0.840. The summed E-state index contributed by atoms with van der Waals surface area (Å²) in [6.45, 7) is 2.99. The van der Waals surface area contributed by atoms with Crippen LogP contribution in [0.3, 0.4) is 0 Å². The van der Waals surface area contributed by atoms with Crippen molar-refractivity contribution in [2.45, 2.75) is 44.6 Å². The number of aromatic nitrogens is 1. The largest absolute Gasteiger partial charge is 0.343 e. The number of aryl methyl sites for hydroxylation is 1. The second-order valence-electron chi connectivity index (χ2n) is 6.33. The molecule has 3 rings (SSSR count). The fourth-order valence-corrected chi connectivity index (χ4v) is 2.93. The van der Waals surface area contributed by atoms with Gasteiger partial charge in [-0.05, 0) is 56.7 Å². The van der Waals surface area contributed by atoms with Crippen LogP contribution >= 0.6 is 24.8 Å². The molecule has 23 heavy (non-hydrogen) atoms. The minimum atomic E-state index is 0. The number of piperidine rings is 1. The molecule has 2 fully saturated rings. The summed E-state index contributed by atoms with van der Waals surface area (Å²) in [5, 5.41) is 3.65. The number of carbonyl (C=O) groups is 1. The van der Waals surface area contributed by atoms with Gasteiger partial charge in [0.15, 0.2) is 0 Å². The topological polar surface area (TPSA) is 45.2 Å². The van der Waals surface area contributed by atoms with Crippen molar-refractivity contribution in [2.24, 2.45) is 5.92 Å². The van der Waals surface area contributed by atoms with Gasteiger partial charge in [0.25, 0.3) is 0 Å². The SMILES string of the molecule is Cl.Cl.O=C(CCc1ccccn1)N1CCC(NCC2CC2)CC1. The van der Waals surface area contributed by atoms with Gasteiger partial charge in [-0.15, -0.1) is 24.8 Å². The van der Waals surface area contributed by atoms with Gasteiger partial charge in [-0.1, -0.05) is 6.07 Å². The van der Waals surface area contributed by atoms with Crippen molar-refractivity contribution < 1.29 is 4.79 Å². The summed E-state index contributed by atoms with van der Waals surface area (Å²) in [7, 11) is 0. The van der Waals surface area contributed by atoms with Crippen molar-refractivity contribution in [3.8, 4) is 0 Å². The number of rotatable bonds is 6. The van der Waals surface area contributed by atoms with E-state index in [0.717, 1.165) is 44.0 Å². The summed E-state index contributed by atoms with van der Waals surface area (Å²) in [4.78, 5) is 18.5. The van der Waals surface area contributed by atoms with Gasteiger partial charge in [0, 0.05) is 37.4 Å². The first-order valence-electron chi connectivity index (χ1n) is 8.22. The van der Waals surface area contributed by atoms with Crippen LogP contribution in [0.2, 0.25) is 0 Å². The van der Waals surface area contributed by atoms with Crippen molar-refractivity contribution in [1.82, 2.24) is 15.2 Å². The van der Waals surface area contributed by atoms with Gasteiger partial charge < -0.3 is 10.2 Å². The molecule has 0 atom stereocenters. The Balaban J connectivity index is 0.00000132. The lowest BCUT2D eigenvalue weighted by Crippen LogP contribution is -2.45. The molecule has 1 amide bonds. The Kier molecular flexibility index (Phi) is 8.88. The molecular weight excluding hydrogens is 333 g/mol. The summed E-state index contributed by atoms with van der Waals surface area (Å²) in [6, 6.07) is 6.49. The van der Waals surface area contributed by atoms with E-state index in [2.05, 4.69) is 10.3 Å². The molecule has 4 nitrogen and oxygen atoms in total. The summed E-state index contributed by atoms with van der Waals surface area (Å²) in [5.41, 5.74) is 1.01. The summed E-state index contributed by atoms with van der Waals surface area (Å²) in [5.74, 6) is 1.21. The van der Waals surface area contributed by atoms with E-state index in [1.54, 1.807) is 6.20 Å². The maximum atomic E-state index is 12.2. The van der Waals surface area contributed by atoms with Gasteiger partial charge in [-0.25, -0.2) is 0 Å². The molecule has 0 spiro atoms. The maximum Gasteiger partial charge on any atom is 0.222 e. The van der Waals surface area contributed by atoms with E-state index in [9.17, 15) is 4.79 Å². The van der Waals surface area contributed by atoms with Gasteiger partial charge in [-0.3, -0.25) is 9.78 Å². The Morgan fingerprint density at radius 3 is 2.52 bits per heavy atom. The lowest BCUT2D eigenvalue weighted by atomic mass is 10.0. The number of halogens is 2. The molecule has 0 unspecified atom stereocenters. The van der Waals surface area contributed by atoms with Crippen molar-refractivity contribution in [1.29, 1.82) is 0 Å². The van der Waals surface area contributed by atoms with E-state index in [0.29, 0.717) is 12.5 Å². The first kappa shape index (κ1) is 20.2. The van der Waals surface area contributed by atoms with E-state index in [1.807, 2.05) is 23.1 Å². The lowest BCUT2D eigenvalue weighted by molar-refractivity contribution is -0.132. The molecule has 1 aliphatic carbocycles. The standard InChI is InChI=1S/C17H25N3O.2ClH/c21-17(7-6-15-3-1-2-10-18-15)20-11-8-16(9-12-20)19-13-14-4-5-14;;/h1-3,10,14,16,19H,4-9,11-13H2;2*1H. The van der Waals surface area contributed by atoms with Crippen molar-refractivity contribution in [2.75, 3.05) is 19.6 Å². The molecule has 6 heteroatoms. The molecule has 1 saturated heterocycles. The molecule has 1 saturated carbocycles. The van der Waals surface area contributed by atoms with Crippen LogP contribution < -0.4 is 5.32 Å². The molecular formula is C17H27Cl2N3O. The van der Waals surface area contributed by atoms with Crippen LogP contribution in [0.15, 0.2) is 24.4 Å². The van der Waals surface area contributed by atoms with Crippen LogP contribution in [0.1, 0.15) is 37.8 Å². The third kappa shape index (κ3) is 6.66. The van der Waals surface area contributed by atoms with Crippen LogP contribution in [-0.4, -0.2) is 41.5 Å². The number of hydrogen-bond donors (Lipinski definition) is 1. The average Bonchev–Trinajstić information content (AvgIpc) is 3.36. The lowest BCUT2D eigenvalue weighted by Gasteiger charge is -2.32.